The van der Waals surface area contributed by atoms with Crippen molar-refractivity contribution in [1.82, 2.24) is 9.29 Å². The molecule has 1 aromatic carbocycles. The molecular weight excluding hydrogens is 535 g/mol. The molecule has 2 heterocycles. The molecule has 1 aromatic heterocycles. The van der Waals surface area contributed by atoms with Crippen molar-refractivity contribution in [2.75, 3.05) is 56.7 Å². The Bertz CT molecular complexity index is 1280. The highest BCUT2D eigenvalue weighted by Crippen LogP contribution is 2.31. The van der Waals surface area contributed by atoms with Crippen LogP contribution in [-0.4, -0.2) is 77.9 Å². The molecule has 14 heteroatoms. The minimum Gasteiger partial charge on any atom is -0.380 e. The summed E-state index contributed by atoms with van der Waals surface area (Å²) in [4.78, 5) is 5.67. The summed E-state index contributed by atoms with van der Waals surface area (Å²) in [6.45, 7) is 4.09. The number of alkyl halides is 3. The van der Waals surface area contributed by atoms with Crippen molar-refractivity contribution in [2.45, 2.75) is 31.3 Å². The zero-order valence-electron chi connectivity index (χ0n) is 20.6. The molecule has 1 saturated heterocycles. The molecular formula is C23H30F3N3O6S2. The van der Waals surface area contributed by atoms with E-state index in [2.05, 4.69) is 4.98 Å². The minimum atomic E-state index is -4.48. The van der Waals surface area contributed by atoms with Crippen LogP contribution in [0.3, 0.4) is 0 Å². The maximum absolute atomic E-state index is 13.0. The molecule has 0 saturated carbocycles. The highest BCUT2D eigenvalue weighted by Gasteiger charge is 2.32. The lowest BCUT2D eigenvalue weighted by Crippen LogP contribution is -2.49. The first-order valence-electron chi connectivity index (χ1n) is 11.7. The Morgan fingerprint density at radius 2 is 1.70 bits per heavy atom. The van der Waals surface area contributed by atoms with E-state index in [0.717, 1.165) is 23.9 Å². The maximum atomic E-state index is 13.0. The largest absolute Gasteiger partial charge is 0.416 e. The first-order valence-corrected chi connectivity index (χ1v) is 14.7. The number of rotatable bonds is 11. The second-order valence-corrected chi connectivity index (χ2v) is 12.1. The third kappa shape index (κ3) is 7.87. The van der Waals surface area contributed by atoms with Gasteiger partial charge in [0.2, 0.25) is 10.0 Å². The van der Waals surface area contributed by atoms with Crippen LogP contribution in [0.25, 0.3) is 0 Å². The van der Waals surface area contributed by atoms with Crippen molar-refractivity contribution in [3.63, 3.8) is 0 Å². The Morgan fingerprint density at radius 1 is 1.00 bits per heavy atom. The van der Waals surface area contributed by atoms with Crippen molar-refractivity contribution < 1.29 is 38.9 Å². The number of aryl methyl sites for hydroxylation is 1. The monoisotopic (exact) mass is 565 g/mol. The van der Waals surface area contributed by atoms with Gasteiger partial charge in [0.15, 0.2) is 0 Å². The highest BCUT2D eigenvalue weighted by atomic mass is 32.2. The second kappa shape index (κ2) is 12.1. The van der Waals surface area contributed by atoms with Crippen LogP contribution in [0.4, 0.5) is 19.0 Å². The van der Waals surface area contributed by atoms with Gasteiger partial charge >= 0.3 is 6.18 Å². The van der Waals surface area contributed by atoms with Crippen molar-refractivity contribution >= 4 is 26.0 Å². The third-order valence-corrected chi connectivity index (χ3v) is 9.11. The normalized spacial score (nSPS) is 15.8. The number of sulfonamides is 1. The fourth-order valence-electron chi connectivity index (χ4n) is 3.91. The molecule has 2 aromatic rings. The number of ether oxygens (including phenoxy) is 1. The molecule has 0 radical (unpaired) electrons. The molecule has 0 atom stereocenters. The van der Waals surface area contributed by atoms with E-state index in [4.69, 9.17) is 8.92 Å². The Labute approximate surface area is 215 Å². The van der Waals surface area contributed by atoms with Crippen LogP contribution < -0.4 is 4.90 Å². The molecule has 1 aliphatic rings. The van der Waals surface area contributed by atoms with E-state index in [1.54, 1.807) is 24.0 Å². The van der Waals surface area contributed by atoms with Crippen molar-refractivity contribution in [1.29, 1.82) is 0 Å². The van der Waals surface area contributed by atoms with Gasteiger partial charge in [-0.15, -0.1) is 0 Å². The van der Waals surface area contributed by atoms with Crippen LogP contribution in [0.15, 0.2) is 41.4 Å². The summed E-state index contributed by atoms with van der Waals surface area (Å²) in [7, 11) is -7.54. The topological polar surface area (TPSA) is 106 Å². The predicted molar refractivity (Wildman–Crippen MR) is 131 cm³/mol. The smallest absolute Gasteiger partial charge is 0.380 e. The number of hydrogen-bond donors (Lipinski definition) is 0. The van der Waals surface area contributed by atoms with Gasteiger partial charge in [0.25, 0.3) is 10.1 Å². The minimum absolute atomic E-state index is 0.00866. The van der Waals surface area contributed by atoms with E-state index in [1.165, 1.54) is 10.4 Å². The van der Waals surface area contributed by atoms with E-state index in [0.29, 0.717) is 5.56 Å². The maximum Gasteiger partial charge on any atom is 0.416 e. The predicted octanol–water partition coefficient (Wildman–Crippen LogP) is 2.85. The molecule has 0 N–H and O–H groups in total. The van der Waals surface area contributed by atoms with Gasteiger partial charge in [-0.05, 0) is 44.0 Å². The van der Waals surface area contributed by atoms with Crippen LogP contribution in [-0.2, 0) is 41.7 Å². The fourth-order valence-corrected chi connectivity index (χ4v) is 6.37. The van der Waals surface area contributed by atoms with Crippen LogP contribution in [0.5, 0.6) is 0 Å². The standard InChI is InChI=1S/C23H30F3N3O6S2/c1-3-35-37(32,33)21-5-4-18(2)16-19(21)7-13-34-14-15-36(30,31)29-11-9-28(10-12-29)22-17-20(6-8-27-22)23(24,25)26/h4-6,8,16-17H,3,7,9-15H2,1-2H3. The number of piperazine rings is 1. The lowest BCUT2D eigenvalue weighted by molar-refractivity contribution is -0.137. The van der Waals surface area contributed by atoms with Crippen LogP contribution in [0.2, 0.25) is 0 Å². The Balaban J connectivity index is 1.49. The summed E-state index contributed by atoms with van der Waals surface area (Å²) >= 11 is 0. The van der Waals surface area contributed by atoms with E-state index in [1.807, 2.05) is 6.92 Å². The Kier molecular flexibility index (Phi) is 9.56. The number of anilines is 1. The second-order valence-electron chi connectivity index (χ2n) is 8.44. The Morgan fingerprint density at radius 3 is 2.35 bits per heavy atom. The van der Waals surface area contributed by atoms with Gasteiger partial charge in [0.05, 0.1) is 36.0 Å². The highest BCUT2D eigenvalue weighted by molar-refractivity contribution is 7.89. The molecule has 0 amide bonds. The summed E-state index contributed by atoms with van der Waals surface area (Å²) in [5.74, 6) is -0.121. The number of aromatic nitrogens is 1. The SMILES string of the molecule is CCOS(=O)(=O)c1ccc(C)cc1CCOCCS(=O)(=O)N1CCN(c2cc(C(F)(F)F)ccn2)CC1. The number of benzene rings is 1. The summed E-state index contributed by atoms with van der Waals surface area (Å²) in [6.07, 6.45) is -3.14. The summed E-state index contributed by atoms with van der Waals surface area (Å²) in [6, 6.07) is 6.73. The molecule has 206 valence electrons. The lowest BCUT2D eigenvalue weighted by Gasteiger charge is -2.34. The van der Waals surface area contributed by atoms with Gasteiger partial charge in [-0.3, -0.25) is 4.18 Å². The van der Waals surface area contributed by atoms with E-state index >= 15 is 0 Å². The quantitative estimate of drug-likeness (QED) is 0.303. The summed E-state index contributed by atoms with van der Waals surface area (Å²) < 4.78 is 101. The zero-order valence-corrected chi connectivity index (χ0v) is 22.2. The van der Waals surface area contributed by atoms with Gasteiger partial charge < -0.3 is 9.64 Å². The molecule has 1 aliphatic heterocycles. The number of halogens is 3. The molecule has 3 rings (SSSR count). The summed E-state index contributed by atoms with van der Waals surface area (Å²) in [5.41, 5.74) is 0.584. The Hall–Kier alpha value is -2.26. The number of hydrogen-bond acceptors (Lipinski definition) is 8. The third-order valence-electron chi connectivity index (χ3n) is 5.79. The van der Waals surface area contributed by atoms with Gasteiger partial charge in [-0.2, -0.15) is 25.9 Å². The van der Waals surface area contributed by atoms with Gasteiger partial charge in [0.1, 0.15) is 5.82 Å². The first kappa shape index (κ1) is 29.3. The van der Waals surface area contributed by atoms with Gasteiger partial charge in [-0.25, -0.2) is 13.4 Å². The fraction of sp³-hybridized carbons (Fsp3) is 0.522. The zero-order chi connectivity index (χ0) is 27.3. The summed E-state index contributed by atoms with van der Waals surface area (Å²) in [5, 5.41) is 0. The average molecular weight is 566 g/mol. The van der Waals surface area contributed by atoms with Crippen LogP contribution >= 0.6 is 0 Å². The van der Waals surface area contributed by atoms with Gasteiger partial charge in [0, 0.05) is 32.4 Å². The van der Waals surface area contributed by atoms with Crippen molar-refractivity contribution in [3.05, 3.63) is 53.2 Å². The molecule has 0 spiro atoms. The van der Waals surface area contributed by atoms with E-state index < -0.39 is 31.9 Å². The molecule has 0 aliphatic carbocycles. The number of pyridine rings is 1. The van der Waals surface area contributed by atoms with E-state index in [-0.39, 0.29) is 68.9 Å². The molecule has 1 fully saturated rings. The first-order chi connectivity index (χ1) is 17.3. The van der Waals surface area contributed by atoms with Gasteiger partial charge in [-0.1, -0.05) is 17.7 Å². The molecule has 9 nitrogen and oxygen atoms in total. The lowest BCUT2D eigenvalue weighted by atomic mass is 10.1. The van der Waals surface area contributed by atoms with Crippen molar-refractivity contribution in [3.8, 4) is 0 Å². The van der Waals surface area contributed by atoms with Crippen LogP contribution in [0.1, 0.15) is 23.6 Å². The molecule has 0 unspecified atom stereocenters. The van der Waals surface area contributed by atoms with E-state index in [9.17, 15) is 30.0 Å². The average Bonchev–Trinajstić information content (AvgIpc) is 2.83. The molecule has 37 heavy (non-hydrogen) atoms. The number of nitrogens with zero attached hydrogens (tertiary/aromatic N) is 3. The van der Waals surface area contributed by atoms with Crippen molar-refractivity contribution in [2.24, 2.45) is 0 Å². The molecule has 0 bridgehead atoms. The van der Waals surface area contributed by atoms with Crippen LogP contribution in [0, 0.1) is 6.92 Å².